The van der Waals surface area contributed by atoms with Gasteiger partial charge in [0, 0.05) is 12.2 Å². The lowest BCUT2D eigenvalue weighted by Gasteiger charge is -2.16. The molecular weight excluding hydrogens is 328 g/mol. The van der Waals surface area contributed by atoms with Gasteiger partial charge in [-0.3, -0.25) is 4.79 Å². The first-order valence-corrected chi connectivity index (χ1v) is 9.39. The number of nitrogens with one attached hydrogen (secondary N) is 2. The number of anilines is 2. The molecule has 1 fully saturated rings. The molecule has 3 rings (SSSR count). The lowest BCUT2D eigenvalue weighted by Crippen LogP contribution is -2.21. The van der Waals surface area contributed by atoms with Crippen molar-refractivity contribution in [1.82, 2.24) is 9.97 Å². The summed E-state index contributed by atoms with van der Waals surface area (Å²) < 4.78 is 5.55. The number of carbonyl (C=O) groups is 1. The highest BCUT2D eigenvalue weighted by Gasteiger charge is 2.15. The van der Waals surface area contributed by atoms with Crippen molar-refractivity contribution in [3.05, 3.63) is 42.2 Å². The molecule has 1 heterocycles. The highest BCUT2D eigenvalue weighted by Crippen LogP contribution is 2.24. The van der Waals surface area contributed by atoms with Crippen LogP contribution in [-0.4, -0.2) is 28.5 Å². The smallest absolute Gasteiger partial charge is 0.274 e. The van der Waals surface area contributed by atoms with Gasteiger partial charge >= 0.3 is 0 Å². The molecule has 0 aliphatic heterocycles. The maximum absolute atomic E-state index is 12.6. The molecule has 2 aromatic rings. The van der Waals surface area contributed by atoms with Crippen LogP contribution in [0.1, 0.15) is 55.9 Å². The van der Waals surface area contributed by atoms with Crippen LogP contribution in [0.4, 0.5) is 11.6 Å². The fourth-order valence-corrected chi connectivity index (χ4v) is 3.20. The normalized spacial score (nSPS) is 15.1. The highest BCUT2D eigenvalue weighted by molar-refractivity contribution is 6.03. The van der Waals surface area contributed by atoms with Gasteiger partial charge in [-0.2, -0.15) is 0 Å². The molecule has 0 spiro atoms. The molecule has 0 radical (unpaired) electrons. The molecular formula is C20H26N4O2. The van der Waals surface area contributed by atoms with Gasteiger partial charge in [-0.15, -0.1) is 0 Å². The number of nitrogens with zero attached hydrogens (tertiary/aromatic N) is 2. The van der Waals surface area contributed by atoms with Gasteiger partial charge in [0.1, 0.15) is 11.4 Å². The van der Waals surface area contributed by atoms with Gasteiger partial charge in [0.25, 0.3) is 5.91 Å². The summed E-state index contributed by atoms with van der Waals surface area (Å²) in [6.45, 7) is 2.45. The van der Waals surface area contributed by atoms with Gasteiger partial charge in [0.15, 0.2) is 0 Å². The number of carbonyl (C=O) groups excluding carboxylic acids is 1. The lowest BCUT2D eigenvalue weighted by atomic mass is 10.1. The van der Waals surface area contributed by atoms with Gasteiger partial charge in [-0.1, -0.05) is 37.8 Å². The number of aromatic nitrogens is 2. The predicted molar refractivity (Wildman–Crippen MR) is 103 cm³/mol. The average molecular weight is 354 g/mol. The Balaban J connectivity index is 1.68. The molecule has 138 valence electrons. The zero-order chi connectivity index (χ0) is 18.2. The number of rotatable bonds is 6. The number of hydrogen-bond donors (Lipinski definition) is 2. The van der Waals surface area contributed by atoms with E-state index in [4.69, 9.17) is 4.74 Å². The SMILES string of the molecule is CCOc1ccccc1NC(=O)c1ccnc(NC2CCCCCC2)n1. The maximum atomic E-state index is 12.6. The number of benzene rings is 1. The second kappa shape index (κ2) is 9.17. The first-order chi connectivity index (χ1) is 12.8. The first-order valence-electron chi connectivity index (χ1n) is 9.39. The number of amides is 1. The molecule has 0 unspecified atom stereocenters. The van der Waals surface area contributed by atoms with E-state index in [0.29, 0.717) is 35.7 Å². The average Bonchev–Trinajstić information content (AvgIpc) is 2.92. The molecule has 1 aromatic heterocycles. The van der Waals surface area contributed by atoms with Gasteiger partial charge in [-0.25, -0.2) is 9.97 Å². The van der Waals surface area contributed by atoms with Crippen LogP contribution in [-0.2, 0) is 0 Å². The Morgan fingerprint density at radius 2 is 1.92 bits per heavy atom. The molecule has 1 aliphatic carbocycles. The van der Waals surface area contributed by atoms with E-state index in [1.165, 1.54) is 25.7 Å². The molecule has 0 atom stereocenters. The zero-order valence-electron chi connectivity index (χ0n) is 15.2. The summed E-state index contributed by atoms with van der Waals surface area (Å²) in [5.74, 6) is 0.889. The van der Waals surface area contributed by atoms with Gasteiger partial charge in [0.2, 0.25) is 5.95 Å². The Morgan fingerprint density at radius 3 is 2.69 bits per heavy atom. The van der Waals surface area contributed by atoms with Crippen molar-refractivity contribution >= 4 is 17.5 Å². The van der Waals surface area contributed by atoms with Crippen LogP contribution in [0.5, 0.6) is 5.75 Å². The van der Waals surface area contributed by atoms with Crippen LogP contribution in [0.15, 0.2) is 36.5 Å². The van der Waals surface area contributed by atoms with Crippen molar-refractivity contribution in [3.63, 3.8) is 0 Å². The minimum atomic E-state index is -0.275. The molecule has 1 aromatic carbocycles. The molecule has 1 saturated carbocycles. The fraction of sp³-hybridized carbons (Fsp3) is 0.450. The number of hydrogen-bond acceptors (Lipinski definition) is 5. The third kappa shape index (κ3) is 4.94. The van der Waals surface area contributed by atoms with Crippen LogP contribution >= 0.6 is 0 Å². The van der Waals surface area contributed by atoms with E-state index in [9.17, 15) is 4.79 Å². The fourth-order valence-electron chi connectivity index (χ4n) is 3.20. The third-order valence-corrected chi connectivity index (χ3v) is 4.51. The summed E-state index contributed by atoms with van der Waals surface area (Å²) in [4.78, 5) is 21.3. The van der Waals surface area contributed by atoms with E-state index in [0.717, 1.165) is 12.8 Å². The Hall–Kier alpha value is -2.63. The molecule has 26 heavy (non-hydrogen) atoms. The van der Waals surface area contributed by atoms with Crippen LogP contribution in [0.2, 0.25) is 0 Å². The Kier molecular flexibility index (Phi) is 6.41. The van der Waals surface area contributed by atoms with Gasteiger partial charge < -0.3 is 15.4 Å². The summed E-state index contributed by atoms with van der Waals surface area (Å²) >= 11 is 0. The second-order valence-corrected chi connectivity index (χ2v) is 6.48. The Morgan fingerprint density at radius 1 is 1.15 bits per heavy atom. The van der Waals surface area contributed by atoms with Crippen LogP contribution in [0.3, 0.4) is 0 Å². The molecule has 6 heteroatoms. The molecule has 0 saturated heterocycles. The van der Waals surface area contributed by atoms with E-state index in [2.05, 4.69) is 20.6 Å². The molecule has 2 N–H and O–H groups in total. The van der Waals surface area contributed by atoms with Crippen molar-refractivity contribution in [2.24, 2.45) is 0 Å². The molecule has 1 aliphatic rings. The lowest BCUT2D eigenvalue weighted by molar-refractivity contribution is 0.102. The monoisotopic (exact) mass is 354 g/mol. The number of ether oxygens (including phenoxy) is 1. The summed E-state index contributed by atoms with van der Waals surface area (Å²) in [7, 11) is 0. The second-order valence-electron chi connectivity index (χ2n) is 6.48. The molecule has 0 bridgehead atoms. The van der Waals surface area contributed by atoms with E-state index < -0.39 is 0 Å². The van der Waals surface area contributed by atoms with Crippen LogP contribution < -0.4 is 15.4 Å². The highest BCUT2D eigenvalue weighted by atomic mass is 16.5. The first kappa shape index (κ1) is 18.2. The van der Waals surface area contributed by atoms with Crippen LogP contribution in [0, 0.1) is 0 Å². The molecule has 1 amide bonds. The van der Waals surface area contributed by atoms with E-state index in [-0.39, 0.29) is 5.91 Å². The van der Waals surface area contributed by atoms with Crippen molar-refractivity contribution < 1.29 is 9.53 Å². The molecule has 6 nitrogen and oxygen atoms in total. The quantitative estimate of drug-likeness (QED) is 0.758. The summed E-state index contributed by atoms with van der Waals surface area (Å²) in [5.41, 5.74) is 0.971. The third-order valence-electron chi connectivity index (χ3n) is 4.51. The van der Waals surface area contributed by atoms with Gasteiger partial charge in [-0.05, 0) is 38.0 Å². The number of para-hydroxylation sites is 2. The van der Waals surface area contributed by atoms with Crippen molar-refractivity contribution in [3.8, 4) is 5.75 Å². The Labute approximate surface area is 154 Å². The summed E-state index contributed by atoms with van der Waals surface area (Å²) in [6.07, 6.45) is 8.91. The summed E-state index contributed by atoms with van der Waals surface area (Å²) in [6, 6.07) is 9.38. The minimum absolute atomic E-state index is 0.275. The van der Waals surface area contributed by atoms with E-state index >= 15 is 0 Å². The van der Waals surface area contributed by atoms with E-state index in [1.807, 2.05) is 31.2 Å². The van der Waals surface area contributed by atoms with Crippen molar-refractivity contribution in [2.45, 2.75) is 51.5 Å². The van der Waals surface area contributed by atoms with Crippen LogP contribution in [0.25, 0.3) is 0 Å². The van der Waals surface area contributed by atoms with Gasteiger partial charge in [0.05, 0.1) is 12.3 Å². The van der Waals surface area contributed by atoms with Crippen molar-refractivity contribution in [1.29, 1.82) is 0 Å². The Bertz CT molecular complexity index is 727. The standard InChI is InChI=1S/C20H26N4O2/c1-2-26-18-12-8-7-11-16(18)23-19(25)17-13-14-21-20(24-17)22-15-9-5-3-4-6-10-15/h7-8,11-15H,2-6,9-10H2,1H3,(H,23,25)(H,21,22,24). The maximum Gasteiger partial charge on any atom is 0.274 e. The largest absolute Gasteiger partial charge is 0.492 e. The zero-order valence-corrected chi connectivity index (χ0v) is 15.2. The predicted octanol–water partition coefficient (Wildman–Crippen LogP) is 4.26. The van der Waals surface area contributed by atoms with E-state index in [1.54, 1.807) is 12.3 Å². The van der Waals surface area contributed by atoms with Crippen molar-refractivity contribution in [2.75, 3.05) is 17.2 Å². The minimum Gasteiger partial charge on any atom is -0.492 e. The topological polar surface area (TPSA) is 76.1 Å². The summed E-state index contributed by atoms with van der Waals surface area (Å²) in [5, 5.41) is 6.26.